The van der Waals surface area contributed by atoms with Gasteiger partial charge in [-0.15, -0.1) is 0 Å². The number of aromatic amines is 1. The fraction of sp³-hybridized carbons (Fsp3) is 0.111. The molecule has 2 aliphatic rings. The molecule has 1 heterocycles. The SMILES string of the molecule is COC(=O)c1ccc2cn[nH]cc1-2. The van der Waals surface area contributed by atoms with Gasteiger partial charge in [-0.25, -0.2) is 4.79 Å². The molecule has 4 nitrogen and oxygen atoms in total. The Morgan fingerprint density at radius 2 is 2.38 bits per heavy atom. The van der Waals surface area contributed by atoms with E-state index in [1.54, 1.807) is 18.5 Å². The Hall–Kier alpha value is -1.84. The second-order valence-corrected chi connectivity index (χ2v) is 2.64. The third-order valence-corrected chi connectivity index (χ3v) is 1.92. The molecule has 2 rings (SSSR count). The summed E-state index contributed by atoms with van der Waals surface area (Å²) in [5.74, 6) is -0.324. The molecule has 1 N–H and O–H groups in total. The second-order valence-electron chi connectivity index (χ2n) is 2.64. The molecule has 0 aromatic carbocycles. The molecule has 0 radical (unpaired) electrons. The van der Waals surface area contributed by atoms with Gasteiger partial charge in [-0.1, -0.05) is 6.07 Å². The van der Waals surface area contributed by atoms with E-state index >= 15 is 0 Å². The molecule has 0 amide bonds. The van der Waals surface area contributed by atoms with E-state index < -0.39 is 0 Å². The lowest BCUT2D eigenvalue weighted by Crippen LogP contribution is -2.00. The highest BCUT2D eigenvalue weighted by molar-refractivity contribution is 5.98. The van der Waals surface area contributed by atoms with Crippen molar-refractivity contribution in [1.29, 1.82) is 0 Å². The minimum absolute atomic E-state index is 0.324. The van der Waals surface area contributed by atoms with Gasteiger partial charge in [0.15, 0.2) is 0 Å². The van der Waals surface area contributed by atoms with E-state index in [4.69, 9.17) is 0 Å². The number of carbonyl (C=O) groups is 1. The number of nitrogens with one attached hydrogen (secondary N) is 1. The Bertz CT molecular complexity index is 408. The molecule has 0 fully saturated rings. The second kappa shape index (κ2) is 2.90. The first-order valence-corrected chi connectivity index (χ1v) is 3.83. The number of H-pyrrole nitrogens is 1. The molecule has 0 unspecified atom stereocenters. The van der Waals surface area contributed by atoms with Crippen LogP contribution in [0.2, 0.25) is 0 Å². The molecule has 66 valence electrons. The van der Waals surface area contributed by atoms with E-state index in [0.29, 0.717) is 5.56 Å². The van der Waals surface area contributed by atoms with E-state index in [-0.39, 0.29) is 5.97 Å². The highest BCUT2D eigenvalue weighted by Crippen LogP contribution is 2.25. The third kappa shape index (κ3) is 1.16. The number of methoxy groups -OCH3 is 1. The molecule has 1 aliphatic heterocycles. The van der Waals surface area contributed by atoms with Gasteiger partial charge in [0.05, 0.1) is 18.9 Å². The summed E-state index contributed by atoms with van der Waals surface area (Å²) in [4.78, 5) is 11.2. The predicted octanol–water partition coefficient (Wildman–Crippen LogP) is 1.30. The first-order chi connectivity index (χ1) is 6.33. The van der Waals surface area contributed by atoms with Crippen LogP contribution >= 0.6 is 0 Å². The van der Waals surface area contributed by atoms with Gasteiger partial charge < -0.3 is 4.74 Å². The van der Waals surface area contributed by atoms with E-state index in [2.05, 4.69) is 14.9 Å². The van der Waals surface area contributed by atoms with Crippen LogP contribution < -0.4 is 0 Å². The summed E-state index contributed by atoms with van der Waals surface area (Å²) in [5, 5.41) is 6.52. The van der Waals surface area contributed by atoms with Crippen LogP contribution in [-0.2, 0) is 4.74 Å². The van der Waals surface area contributed by atoms with Crippen LogP contribution in [0.3, 0.4) is 0 Å². The maximum absolute atomic E-state index is 11.2. The monoisotopic (exact) mass is 176 g/mol. The van der Waals surface area contributed by atoms with Crippen molar-refractivity contribution in [2.24, 2.45) is 0 Å². The van der Waals surface area contributed by atoms with E-state index in [1.807, 2.05) is 6.07 Å². The highest BCUT2D eigenvalue weighted by atomic mass is 16.5. The minimum atomic E-state index is -0.324. The maximum atomic E-state index is 11.2. The quantitative estimate of drug-likeness (QED) is 0.666. The van der Waals surface area contributed by atoms with Gasteiger partial charge in [-0.2, -0.15) is 5.10 Å². The summed E-state index contributed by atoms with van der Waals surface area (Å²) in [6, 6.07) is 3.56. The minimum Gasteiger partial charge on any atom is -0.465 e. The molecule has 4 heteroatoms. The third-order valence-electron chi connectivity index (χ3n) is 1.92. The number of ether oxygens (including phenoxy) is 1. The molecule has 1 aliphatic carbocycles. The van der Waals surface area contributed by atoms with Gasteiger partial charge in [0.1, 0.15) is 0 Å². The fourth-order valence-corrected chi connectivity index (χ4v) is 1.28. The van der Waals surface area contributed by atoms with Crippen molar-refractivity contribution in [3.8, 4) is 11.1 Å². The van der Waals surface area contributed by atoms with Crippen LogP contribution in [0.25, 0.3) is 11.1 Å². The van der Waals surface area contributed by atoms with Crippen molar-refractivity contribution in [2.45, 2.75) is 0 Å². The molecular weight excluding hydrogens is 168 g/mol. The summed E-state index contributed by atoms with van der Waals surface area (Å²) < 4.78 is 4.63. The van der Waals surface area contributed by atoms with Crippen molar-refractivity contribution < 1.29 is 9.53 Å². The van der Waals surface area contributed by atoms with E-state index in [9.17, 15) is 4.79 Å². The van der Waals surface area contributed by atoms with Crippen LogP contribution in [0.4, 0.5) is 0 Å². The van der Waals surface area contributed by atoms with Gasteiger partial charge in [-0.05, 0) is 6.07 Å². The van der Waals surface area contributed by atoms with E-state index in [1.165, 1.54) is 7.11 Å². The van der Waals surface area contributed by atoms with Crippen molar-refractivity contribution in [2.75, 3.05) is 7.11 Å². The van der Waals surface area contributed by atoms with Crippen molar-refractivity contribution in [3.63, 3.8) is 0 Å². The summed E-state index contributed by atoms with van der Waals surface area (Å²) in [6.45, 7) is 0. The van der Waals surface area contributed by atoms with Crippen LogP contribution in [0, 0.1) is 0 Å². The average Bonchev–Trinajstić information content (AvgIpc) is 2.60. The van der Waals surface area contributed by atoms with Crippen LogP contribution in [0.15, 0.2) is 24.5 Å². The number of hydrogen-bond acceptors (Lipinski definition) is 3. The molecule has 0 bridgehead atoms. The van der Waals surface area contributed by atoms with Gasteiger partial charge in [0.2, 0.25) is 0 Å². The van der Waals surface area contributed by atoms with Crippen molar-refractivity contribution >= 4 is 5.97 Å². The van der Waals surface area contributed by atoms with Gasteiger partial charge in [0, 0.05) is 17.3 Å². The van der Waals surface area contributed by atoms with Gasteiger partial charge >= 0.3 is 5.97 Å². The summed E-state index contributed by atoms with van der Waals surface area (Å²) in [5.41, 5.74) is 2.33. The molecule has 13 heavy (non-hydrogen) atoms. The number of carbonyl (C=O) groups excluding carboxylic acids is 1. The first kappa shape index (κ1) is 7.79. The first-order valence-electron chi connectivity index (χ1n) is 3.83. The maximum Gasteiger partial charge on any atom is 0.338 e. The Kier molecular flexibility index (Phi) is 1.73. The lowest BCUT2D eigenvalue weighted by Gasteiger charge is -2.00. The standard InChI is InChI=1S/C9H8N2O2/c1-13-9(12)7-3-2-6-4-10-11-5-8(6)7/h2-5,11H,1H3. The number of rotatable bonds is 1. The predicted molar refractivity (Wildman–Crippen MR) is 46.5 cm³/mol. The molecule has 0 saturated heterocycles. The summed E-state index contributed by atoms with van der Waals surface area (Å²) >= 11 is 0. The molecule has 0 spiro atoms. The molecule has 0 atom stereocenters. The van der Waals surface area contributed by atoms with Crippen LogP contribution in [0.5, 0.6) is 0 Å². The van der Waals surface area contributed by atoms with Gasteiger partial charge in [0.25, 0.3) is 0 Å². The number of aromatic nitrogens is 2. The Labute approximate surface area is 74.9 Å². The smallest absolute Gasteiger partial charge is 0.338 e. The average molecular weight is 176 g/mol. The van der Waals surface area contributed by atoms with Crippen LogP contribution in [-0.4, -0.2) is 23.3 Å². The zero-order valence-corrected chi connectivity index (χ0v) is 7.07. The number of hydrogen-bond donors (Lipinski definition) is 1. The van der Waals surface area contributed by atoms with Crippen LogP contribution in [0.1, 0.15) is 10.4 Å². The normalized spacial score (nSPS) is 10.2. The number of esters is 1. The topological polar surface area (TPSA) is 55.0 Å². The van der Waals surface area contributed by atoms with Crippen molar-refractivity contribution in [1.82, 2.24) is 10.2 Å². The lowest BCUT2D eigenvalue weighted by atomic mass is 10.1. The Morgan fingerprint density at radius 1 is 1.54 bits per heavy atom. The number of fused-ring (bicyclic) bond motifs is 1. The molecule has 0 saturated carbocycles. The fourth-order valence-electron chi connectivity index (χ4n) is 1.28. The van der Waals surface area contributed by atoms with Gasteiger partial charge in [-0.3, -0.25) is 5.10 Å². The van der Waals surface area contributed by atoms with E-state index in [0.717, 1.165) is 11.1 Å². The zero-order valence-electron chi connectivity index (χ0n) is 7.07. The molecule has 0 aromatic rings. The lowest BCUT2D eigenvalue weighted by molar-refractivity contribution is 0.0602. The summed E-state index contributed by atoms with van der Waals surface area (Å²) in [7, 11) is 1.37. The highest BCUT2D eigenvalue weighted by Gasteiger charge is 2.15. The Morgan fingerprint density at radius 3 is 3.15 bits per heavy atom. The largest absolute Gasteiger partial charge is 0.465 e. The molecular formula is C9H8N2O2. The number of nitrogens with zero attached hydrogens (tertiary/aromatic N) is 1. The van der Waals surface area contributed by atoms with Crippen molar-refractivity contribution in [3.05, 3.63) is 30.1 Å². The summed E-state index contributed by atoms with van der Waals surface area (Å²) in [6.07, 6.45) is 3.35. The zero-order chi connectivity index (χ0) is 9.26. The molecule has 0 aromatic heterocycles. The Balaban J connectivity index is 2.55.